The lowest BCUT2D eigenvalue weighted by molar-refractivity contribution is 0.588. The highest BCUT2D eigenvalue weighted by atomic mass is 32.1. The van der Waals surface area contributed by atoms with Crippen LogP contribution in [0.3, 0.4) is 0 Å². The van der Waals surface area contributed by atoms with Crippen molar-refractivity contribution in [3.05, 3.63) is 62.5 Å². The van der Waals surface area contributed by atoms with Gasteiger partial charge in [0.05, 0.1) is 23.4 Å². The Hall–Kier alpha value is -2.61. The molecule has 0 saturated carbocycles. The van der Waals surface area contributed by atoms with E-state index >= 15 is 0 Å². The highest BCUT2D eigenvalue weighted by molar-refractivity contribution is 7.09. The predicted molar refractivity (Wildman–Crippen MR) is 84.2 cm³/mol. The van der Waals surface area contributed by atoms with Crippen LogP contribution in [0.25, 0.3) is 11.3 Å². The molecule has 0 saturated heterocycles. The first-order valence-corrected chi connectivity index (χ1v) is 7.55. The third-order valence-corrected chi connectivity index (χ3v) is 4.21. The molecule has 3 aromatic rings. The number of anilines is 1. The molecule has 0 aliphatic rings. The van der Waals surface area contributed by atoms with Crippen LogP contribution in [-0.4, -0.2) is 14.5 Å². The summed E-state index contributed by atoms with van der Waals surface area (Å²) in [5.41, 5.74) is 5.69. The molecular weight excluding hydrogens is 322 g/mol. The van der Waals surface area contributed by atoms with Gasteiger partial charge in [-0.15, -0.1) is 11.3 Å². The number of halogens is 2. The summed E-state index contributed by atoms with van der Waals surface area (Å²) in [6.07, 6.45) is 1.33. The van der Waals surface area contributed by atoms with Crippen LogP contribution in [0.4, 0.5) is 14.6 Å². The van der Waals surface area contributed by atoms with E-state index in [1.54, 1.807) is 12.3 Å². The molecule has 2 N–H and O–H groups in total. The van der Waals surface area contributed by atoms with E-state index in [0.29, 0.717) is 10.6 Å². The van der Waals surface area contributed by atoms with Crippen LogP contribution in [0.5, 0.6) is 0 Å². The third-order valence-electron chi connectivity index (χ3n) is 3.38. The van der Waals surface area contributed by atoms with Crippen LogP contribution in [-0.2, 0) is 6.54 Å². The van der Waals surface area contributed by atoms with E-state index < -0.39 is 11.6 Å². The summed E-state index contributed by atoms with van der Waals surface area (Å²) >= 11 is 1.21. The molecule has 2 aromatic heterocycles. The van der Waals surface area contributed by atoms with Crippen LogP contribution in [0.1, 0.15) is 10.6 Å². The van der Waals surface area contributed by atoms with Gasteiger partial charge in [0.25, 0.3) is 5.56 Å². The van der Waals surface area contributed by atoms with Gasteiger partial charge in [-0.2, -0.15) is 0 Å². The minimum atomic E-state index is -0.677. The van der Waals surface area contributed by atoms with Crippen LogP contribution in [0.2, 0.25) is 0 Å². The number of hydrogen-bond acceptors (Lipinski definition) is 5. The standard InChI is InChI=1S/C15H12F2N4OS/c1-8-14(18)19-7-21(15(8)22)5-12-20-11(6-23-12)13-9(16)3-2-4-10(13)17/h2-4,6-7H,5,18H2,1H3. The molecule has 5 nitrogen and oxygen atoms in total. The largest absolute Gasteiger partial charge is 0.383 e. The molecule has 0 radical (unpaired) electrons. The van der Waals surface area contributed by atoms with Gasteiger partial charge in [-0.25, -0.2) is 18.7 Å². The van der Waals surface area contributed by atoms with Crippen LogP contribution < -0.4 is 11.3 Å². The van der Waals surface area contributed by atoms with E-state index in [4.69, 9.17) is 5.73 Å². The molecule has 0 atom stereocenters. The number of hydrogen-bond donors (Lipinski definition) is 1. The van der Waals surface area contributed by atoms with Gasteiger partial charge in [0.2, 0.25) is 0 Å². The summed E-state index contributed by atoms with van der Waals surface area (Å²) in [5.74, 6) is -1.17. The van der Waals surface area contributed by atoms with E-state index in [-0.39, 0.29) is 29.2 Å². The number of nitrogen functional groups attached to an aromatic ring is 1. The number of nitrogens with two attached hydrogens (primary N) is 1. The number of thiazole rings is 1. The Kier molecular flexibility index (Phi) is 3.91. The second-order valence-corrected chi connectivity index (χ2v) is 5.85. The van der Waals surface area contributed by atoms with Gasteiger partial charge in [0.1, 0.15) is 28.8 Å². The molecule has 0 fully saturated rings. The first-order chi connectivity index (χ1) is 11.0. The molecular formula is C15H12F2N4OS. The van der Waals surface area contributed by atoms with E-state index in [2.05, 4.69) is 9.97 Å². The average molecular weight is 334 g/mol. The van der Waals surface area contributed by atoms with Gasteiger partial charge < -0.3 is 5.73 Å². The monoisotopic (exact) mass is 334 g/mol. The molecule has 8 heteroatoms. The van der Waals surface area contributed by atoms with Crippen molar-refractivity contribution >= 4 is 17.2 Å². The predicted octanol–water partition coefficient (Wildman–Crippen LogP) is 2.58. The fraction of sp³-hybridized carbons (Fsp3) is 0.133. The zero-order valence-electron chi connectivity index (χ0n) is 12.1. The summed E-state index contributed by atoms with van der Waals surface area (Å²) < 4.78 is 28.9. The fourth-order valence-electron chi connectivity index (χ4n) is 2.11. The maximum atomic E-state index is 13.8. The fourth-order valence-corrected chi connectivity index (χ4v) is 2.89. The highest BCUT2D eigenvalue weighted by Gasteiger charge is 2.15. The Bertz CT molecular complexity index is 915. The molecule has 0 bridgehead atoms. The lowest BCUT2D eigenvalue weighted by atomic mass is 10.1. The first-order valence-electron chi connectivity index (χ1n) is 6.67. The molecule has 0 spiro atoms. The lowest BCUT2D eigenvalue weighted by Crippen LogP contribution is -2.24. The topological polar surface area (TPSA) is 73.8 Å². The van der Waals surface area contributed by atoms with Crippen LogP contribution in [0, 0.1) is 18.6 Å². The molecule has 118 valence electrons. The van der Waals surface area contributed by atoms with E-state index in [9.17, 15) is 13.6 Å². The van der Waals surface area contributed by atoms with Gasteiger partial charge >= 0.3 is 0 Å². The van der Waals surface area contributed by atoms with Gasteiger partial charge in [-0.3, -0.25) is 9.36 Å². The van der Waals surface area contributed by atoms with Gasteiger partial charge in [0, 0.05) is 5.38 Å². The number of nitrogens with zero attached hydrogens (tertiary/aromatic N) is 3. The SMILES string of the molecule is Cc1c(N)ncn(Cc2nc(-c3c(F)cccc3F)cs2)c1=O. The van der Waals surface area contributed by atoms with Crippen molar-refractivity contribution in [3.63, 3.8) is 0 Å². The second kappa shape index (κ2) is 5.88. The van der Waals surface area contributed by atoms with Crippen molar-refractivity contribution in [2.75, 3.05) is 5.73 Å². The Morgan fingerprint density at radius 2 is 2.00 bits per heavy atom. The molecule has 0 amide bonds. The Morgan fingerprint density at radius 3 is 2.70 bits per heavy atom. The summed E-state index contributed by atoms with van der Waals surface area (Å²) in [4.78, 5) is 20.2. The van der Waals surface area contributed by atoms with Gasteiger partial charge in [-0.1, -0.05) is 6.07 Å². The van der Waals surface area contributed by atoms with E-state index in [1.807, 2.05) is 0 Å². The molecule has 23 heavy (non-hydrogen) atoms. The van der Waals surface area contributed by atoms with Crippen molar-refractivity contribution in [3.8, 4) is 11.3 Å². The summed E-state index contributed by atoms with van der Waals surface area (Å²) in [5, 5.41) is 2.09. The van der Waals surface area contributed by atoms with Crippen LogP contribution in [0.15, 0.2) is 34.7 Å². The Labute approximate surface area is 134 Å². The molecule has 3 rings (SSSR count). The average Bonchev–Trinajstić information content (AvgIpc) is 2.96. The molecule has 2 heterocycles. The highest BCUT2D eigenvalue weighted by Crippen LogP contribution is 2.27. The smallest absolute Gasteiger partial charge is 0.258 e. The summed E-state index contributed by atoms with van der Waals surface area (Å²) in [7, 11) is 0. The molecule has 0 unspecified atom stereocenters. The lowest BCUT2D eigenvalue weighted by Gasteiger charge is -2.05. The quantitative estimate of drug-likeness (QED) is 0.799. The number of aromatic nitrogens is 3. The van der Waals surface area contributed by atoms with Gasteiger partial charge in [-0.05, 0) is 19.1 Å². The minimum absolute atomic E-state index is 0.160. The normalized spacial score (nSPS) is 10.9. The molecule has 0 aliphatic carbocycles. The van der Waals surface area contributed by atoms with Crippen molar-refractivity contribution in [1.29, 1.82) is 0 Å². The number of benzene rings is 1. The third kappa shape index (κ3) is 2.85. The maximum absolute atomic E-state index is 13.8. The second-order valence-electron chi connectivity index (χ2n) is 4.91. The van der Waals surface area contributed by atoms with Crippen LogP contribution >= 0.6 is 11.3 Å². The van der Waals surface area contributed by atoms with Crippen molar-refractivity contribution < 1.29 is 8.78 Å². The zero-order valence-corrected chi connectivity index (χ0v) is 12.9. The summed E-state index contributed by atoms with van der Waals surface area (Å²) in [6.45, 7) is 1.75. The van der Waals surface area contributed by atoms with Crippen molar-refractivity contribution in [2.24, 2.45) is 0 Å². The molecule has 1 aromatic carbocycles. The first kappa shape index (κ1) is 15.3. The van der Waals surface area contributed by atoms with Crippen molar-refractivity contribution in [2.45, 2.75) is 13.5 Å². The number of rotatable bonds is 3. The maximum Gasteiger partial charge on any atom is 0.258 e. The Morgan fingerprint density at radius 1 is 1.30 bits per heavy atom. The Balaban J connectivity index is 1.95. The zero-order chi connectivity index (χ0) is 16.6. The minimum Gasteiger partial charge on any atom is -0.383 e. The van der Waals surface area contributed by atoms with Gasteiger partial charge in [0.15, 0.2) is 0 Å². The van der Waals surface area contributed by atoms with E-state index in [1.165, 1.54) is 40.4 Å². The van der Waals surface area contributed by atoms with E-state index in [0.717, 1.165) is 0 Å². The summed E-state index contributed by atoms with van der Waals surface area (Å²) in [6, 6.07) is 3.65. The van der Waals surface area contributed by atoms with Crippen molar-refractivity contribution in [1.82, 2.24) is 14.5 Å². The molecule has 0 aliphatic heterocycles.